The number of hydrogen-bond donors (Lipinski definition) is 1. The van der Waals surface area contributed by atoms with Crippen LogP contribution in [-0.4, -0.2) is 38.6 Å². The smallest absolute Gasteiger partial charge is 0.353 e. The maximum atomic E-state index is 13.0. The van der Waals surface area contributed by atoms with E-state index in [-0.39, 0.29) is 18.6 Å². The van der Waals surface area contributed by atoms with Gasteiger partial charge in [0, 0.05) is 18.7 Å². The van der Waals surface area contributed by atoms with Crippen LogP contribution in [0.3, 0.4) is 0 Å². The molecule has 2 atom stereocenters. The second-order valence-electron chi connectivity index (χ2n) is 6.85. The molecule has 0 aromatic heterocycles. The van der Waals surface area contributed by atoms with Crippen LogP contribution in [0.25, 0.3) is 0 Å². The maximum absolute atomic E-state index is 13.0. The zero-order valence-electron chi connectivity index (χ0n) is 12.6. The van der Waals surface area contributed by atoms with E-state index in [0.717, 1.165) is 6.26 Å². The molecule has 2 aliphatic rings. The van der Waals surface area contributed by atoms with Crippen LogP contribution in [0.1, 0.15) is 44.9 Å². The topological polar surface area (TPSA) is 63.2 Å². The average molecular weight is 341 g/mol. The summed E-state index contributed by atoms with van der Waals surface area (Å²) in [6.45, 7) is 0. The zero-order chi connectivity index (χ0) is 16.6. The van der Waals surface area contributed by atoms with Gasteiger partial charge in [0.05, 0.1) is 11.7 Å². The average Bonchev–Trinajstić information content (AvgIpc) is 3.04. The van der Waals surface area contributed by atoms with E-state index in [4.69, 9.17) is 0 Å². The largest absolute Gasteiger partial charge is 0.393 e. The van der Waals surface area contributed by atoms with Crippen LogP contribution in [-0.2, 0) is 14.6 Å². The summed E-state index contributed by atoms with van der Waals surface area (Å²) in [5, 5.41) is 2.50. The first-order chi connectivity index (χ1) is 10.0. The first kappa shape index (κ1) is 17.6. The van der Waals surface area contributed by atoms with Gasteiger partial charge in [0.25, 0.3) is 0 Å². The number of rotatable bonds is 5. The van der Waals surface area contributed by atoms with Crippen molar-refractivity contribution in [3.05, 3.63) is 0 Å². The molecule has 0 radical (unpaired) electrons. The first-order valence-electron chi connectivity index (χ1n) is 7.55. The van der Waals surface area contributed by atoms with Crippen LogP contribution in [0.4, 0.5) is 13.2 Å². The Morgan fingerprint density at radius 1 is 1.23 bits per heavy atom. The van der Waals surface area contributed by atoms with E-state index >= 15 is 0 Å². The zero-order valence-corrected chi connectivity index (χ0v) is 13.4. The molecule has 0 heterocycles. The summed E-state index contributed by atoms with van der Waals surface area (Å²) >= 11 is 0. The molecule has 1 N–H and O–H groups in total. The second-order valence-corrected chi connectivity index (χ2v) is 8.99. The van der Waals surface area contributed by atoms with Crippen molar-refractivity contribution in [2.45, 2.75) is 57.2 Å². The van der Waals surface area contributed by atoms with Gasteiger partial charge in [-0.2, -0.15) is 13.2 Å². The van der Waals surface area contributed by atoms with Crippen molar-refractivity contribution in [3.8, 4) is 0 Å². The summed E-state index contributed by atoms with van der Waals surface area (Å²) in [6, 6.07) is -0.879. The molecular formula is C14H22F3NO3S. The highest BCUT2D eigenvalue weighted by molar-refractivity contribution is 7.90. The number of carbonyl (C=O) groups excluding carboxylic acids is 1. The Morgan fingerprint density at radius 2 is 1.82 bits per heavy atom. The third-order valence-corrected chi connectivity index (χ3v) is 5.73. The van der Waals surface area contributed by atoms with Crippen LogP contribution >= 0.6 is 0 Å². The van der Waals surface area contributed by atoms with Crippen LogP contribution in [0, 0.1) is 11.3 Å². The van der Waals surface area contributed by atoms with Crippen molar-refractivity contribution in [1.29, 1.82) is 0 Å². The first-order valence-corrected chi connectivity index (χ1v) is 9.61. The quantitative estimate of drug-likeness (QED) is 0.835. The Bertz CT molecular complexity index is 526. The van der Waals surface area contributed by atoms with Gasteiger partial charge in [0.1, 0.15) is 9.84 Å². The van der Waals surface area contributed by atoms with E-state index < -0.39 is 39.3 Å². The van der Waals surface area contributed by atoms with Gasteiger partial charge in [-0.05, 0) is 31.1 Å². The molecule has 2 fully saturated rings. The van der Waals surface area contributed by atoms with Gasteiger partial charge in [-0.1, -0.05) is 12.8 Å². The molecule has 2 saturated carbocycles. The van der Waals surface area contributed by atoms with Gasteiger partial charge in [0.15, 0.2) is 0 Å². The van der Waals surface area contributed by atoms with Crippen molar-refractivity contribution < 1.29 is 26.4 Å². The highest BCUT2D eigenvalue weighted by atomic mass is 32.2. The predicted molar refractivity (Wildman–Crippen MR) is 75.9 cm³/mol. The van der Waals surface area contributed by atoms with E-state index in [1.807, 2.05) is 0 Å². The van der Waals surface area contributed by atoms with Crippen LogP contribution in [0.5, 0.6) is 0 Å². The van der Waals surface area contributed by atoms with Crippen LogP contribution in [0.2, 0.25) is 0 Å². The summed E-state index contributed by atoms with van der Waals surface area (Å²) in [4.78, 5) is 12.1. The lowest BCUT2D eigenvalue weighted by Gasteiger charge is -2.33. The SMILES string of the molecule is CS(=O)(=O)CC1(CC(=O)N[C@@H]2CCCC[C@H]2C(F)(F)F)CC1. The van der Waals surface area contributed by atoms with Crippen molar-refractivity contribution in [3.63, 3.8) is 0 Å². The number of sulfone groups is 1. The summed E-state index contributed by atoms with van der Waals surface area (Å²) in [5.74, 6) is -2.02. The summed E-state index contributed by atoms with van der Waals surface area (Å²) in [5.41, 5.74) is -0.555. The third kappa shape index (κ3) is 4.86. The lowest BCUT2D eigenvalue weighted by Crippen LogP contribution is -2.48. The molecule has 0 bridgehead atoms. The highest BCUT2D eigenvalue weighted by Gasteiger charge is 2.49. The minimum Gasteiger partial charge on any atom is -0.353 e. The molecular weight excluding hydrogens is 319 g/mol. The van der Waals surface area contributed by atoms with E-state index in [9.17, 15) is 26.4 Å². The fourth-order valence-electron chi connectivity index (χ4n) is 3.40. The van der Waals surface area contributed by atoms with Crippen molar-refractivity contribution >= 4 is 15.7 Å². The number of nitrogens with one attached hydrogen (secondary N) is 1. The molecule has 0 aliphatic heterocycles. The van der Waals surface area contributed by atoms with Crippen molar-refractivity contribution in [2.75, 3.05) is 12.0 Å². The number of amides is 1. The van der Waals surface area contributed by atoms with Gasteiger partial charge in [-0.15, -0.1) is 0 Å². The fraction of sp³-hybridized carbons (Fsp3) is 0.929. The summed E-state index contributed by atoms with van der Waals surface area (Å²) in [7, 11) is -3.19. The Morgan fingerprint density at radius 3 is 2.32 bits per heavy atom. The van der Waals surface area contributed by atoms with Gasteiger partial charge in [0.2, 0.25) is 5.91 Å². The highest BCUT2D eigenvalue weighted by Crippen LogP contribution is 2.50. The van der Waals surface area contributed by atoms with E-state index in [1.54, 1.807) is 0 Å². The number of hydrogen-bond acceptors (Lipinski definition) is 3. The Balaban J connectivity index is 1.93. The molecule has 2 aliphatic carbocycles. The molecule has 22 heavy (non-hydrogen) atoms. The molecule has 8 heteroatoms. The molecule has 0 aromatic rings. The van der Waals surface area contributed by atoms with Crippen LogP contribution < -0.4 is 5.32 Å². The minimum atomic E-state index is -4.30. The lowest BCUT2D eigenvalue weighted by molar-refractivity contribution is -0.189. The van der Waals surface area contributed by atoms with Crippen molar-refractivity contribution in [2.24, 2.45) is 11.3 Å². The molecule has 0 unspecified atom stereocenters. The maximum Gasteiger partial charge on any atom is 0.393 e. The van der Waals surface area contributed by atoms with E-state index in [2.05, 4.69) is 5.32 Å². The monoisotopic (exact) mass is 341 g/mol. The molecule has 2 rings (SSSR count). The molecule has 0 saturated heterocycles. The molecule has 0 aromatic carbocycles. The molecule has 0 spiro atoms. The molecule has 4 nitrogen and oxygen atoms in total. The van der Waals surface area contributed by atoms with Crippen LogP contribution in [0.15, 0.2) is 0 Å². The lowest BCUT2D eigenvalue weighted by atomic mass is 9.83. The summed E-state index contributed by atoms with van der Waals surface area (Å²) < 4.78 is 61.7. The number of halogens is 3. The molecule has 1 amide bonds. The second kappa shape index (κ2) is 6.02. The van der Waals surface area contributed by atoms with E-state index in [0.29, 0.717) is 32.1 Å². The normalized spacial score (nSPS) is 28.2. The fourth-order valence-corrected chi connectivity index (χ4v) is 4.90. The Kier molecular flexibility index (Phi) is 4.80. The van der Waals surface area contributed by atoms with E-state index in [1.165, 1.54) is 0 Å². The Labute approximate surface area is 128 Å². The van der Waals surface area contributed by atoms with Gasteiger partial charge >= 0.3 is 6.18 Å². The Hall–Kier alpha value is -0.790. The predicted octanol–water partition coefficient (Wildman–Crippen LogP) is 2.44. The number of alkyl halides is 3. The minimum absolute atomic E-state index is 0.00114. The standard InChI is InChI=1S/C14H22F3NO3S/c1-22(20,21)9-13(6-7-13)8-12(19)18-11-5-3-2-4-10(11)14(15,16)17/h10-11H,2-9H2,1H3,(H,18,19)/t10-,11-/m1/s1. The van der Waals surface area contributed by atoms with Gasteiger partial charge in [-0.3, -0.25) is 4.79 Å². The van der Waals surface area contributed by atoms with Gasteiger partial charge < -0.3 is 5.32 Å². The summed E-state index contributed by atoms with van der Waals surface area (Å²) in [6.07, 6.45) is -0.338. The van der Waals surface area contributed by atoms with Gasteiger partial charge in [-0.25, -0.2) is 8.42 Å². The van der Waals surface area contributed by atoms with Crippen molar-refractivity contribution in [1.82, 2.24) is 5.32 Å². The number of carbonyl (C=O) groups is 1. The molecule has 128 valence electrons. The third-order valence-electron chi connectivity index (χ3n) is 4.59.